The summed E-state index contributed by atoms with van der Waals surface area (Å²) in [7, 11) is 0. The number of nitrogens with one attached hydrogen (secondary N) is 1. The van der Waals surface area contributed by atoms with Gasteiger partial charge in [0.1, 0.15) is 5.82 Å². The lowest BCUT2D eigenvalue weighted by Crippen LogP contribution is -2.07. The maximum Gasteiger partial charge on any atom is 0.139 e. The molecule has 0 aromatic heterocycles. The predicted molar refractivity (Wildman–Crippen MR) is 73.2 cm³/mol. The molecule has 3 N–H and O–H groups in total. The summed E-state index contributed by atoms with van der Waals surface area (Å²) < 4.78 is 13.6. The summed E-state index contributed by atoms with van der Waals surface area (Å²) in [6.07, 6.45) is 5.12. The van der Waals surface area contributed by atoms with E-state index in [-0.39, 0.29) is 5.82 Å². The van der Waals surface area contributed by atoms with Gasteiger partial charge in [-0.3, -0.25) is 0 Å². The van der Waals surface area contributed by atoms with Crippen LogP contribution < -0.4 is 11.1 Å². The molecule has 0 saturated carbocycles. The van der Waals surface area contributed by atoms with Crippen LogP contribution in [0.3, 0.4) is 0 Å². The molecule has 0 aliphatic heterocycles. The summed E-state index contributed by atoms with van der Waals surface area (Å²) in [6.45, 7) is 0.706. The van der Waals surface area contributed by atoms with Crippen LogP contribution in [-0.4, -0.2) is 18.1 Å². The lowest BCUT2D eigenvalue weighted by Gasteiger charge is -2.09. The van der Waals surface area contributed by atoms with Crippen molar-refractivity contribution in [3.05, 3.63) is 22.4 Å². The molecule has 1 aromatic carbocycles. The van der Waals surface area contributed by atoms with Gasteiger partial charge in [-0.2, -0.15) is 0 Å². The number of nitrogen functional groups attached to an aromatic ring is 1. The molecule has 0 amide bonds. The molecule has 0 bridgehead atoms. The quantitative estimate of drug-likeness (QED) is 0.499. The van der Waals surface area contributed by atoms with Gasteiger partial charge in [-0.05, 0) is 22.0 Å². The van der Waals surface area contributed by atoms with E-state index in [1.807, 2.05) is 0 Å². The Morgan fingerprint density at radius 1 is 1.56 bits per heavy atom. The lowest BCUT2D eigenvalue weighted by atomic mass is 10.2. The highest BCUT2D eigenvalue weighted by molar-refractivity contribution is 9.10. The second-order valence-corrected chi connectivity index (χ2v) is 5.00. The van der Waals surface area contributed by atoms with Crippen LogP contribution in [-0.2, 0) is 0 Å². The molecule has 0 saturated heterocycles. The molecule has 1 rings (SSSR count). The molecule has 0 unspecified atom stereocenters. The van der Waals surface area contributed by atoms with Crippen molar-refractivity contribution >= 4 is 39.1 Å². The molecule has 0 atom stereocenters. The molecule has 86 valence electrons. The monoisotopic (exact) mass is 302 g/mol. The lowest BCUT2D eigenvalue weighted by molar-refractivity contribution is 0.622. The van der Waals surface area contributed by atoms with Crippen LogP contribution in [0.4, 0.5) is 15.8 Å². The van der Waals surface area contributed by atoms with Gasteiger partial charge in [-0.1, -0.05) is 5.92 Å². The number of terminal acetylenes is 1. The third kappa shape index (κ3) is 3.95. The highest BCUT2D eigenvalue weighted by Gasteiger charge is 2.05. The maximum absolute atomic E-state index is 13.2. The summed E-state index contributed by atoms with van der Waals surface area (Å²) in [5.74, 6) is 3.76. The van der Waals surface area contributed by atoms with Crippen molar-refractivity contribution in [1.29, 1.82) is 0 Å². The average molecular weight is 303 g/mol. The van der Waals surface area contributed by atoms with Crippen molar-refractivity contribution in [2.75, 3.05) is 29.1 Å². The molecular weight excluding hydrogens is 291 g/mol. The molecule has 0 heterocycles. The van der Waals surface area contributed by atoms with E-state index in [4.69, 9.17) is 12.2 Å². The molecule has 0 fully saturated rings. The average Bonchev–Trinajstić information content (AvgIpc) is 2.25. The highest BCUT2D eigenvalue weighted by Crippen LogP contribution is 2.26. The van der Waals surface area contributed by atoms with Gasteiger partial charge in [-0.25, -0.2) is 4.39 Å². The first kappa shape index (κ1) is 13.2. The summed E-state index contributed by atoms with van der Waals surface area (Å²) in [6, 6.07) is 2.93. The van der Waals surface area contributed by atoms with Crippen LogP contribution in [0.2, 0.25) is 0 Å². The molecule has 0 aliphatic rings. The zero-order chi connectivity index (χ0) is 12.0. The van der Waals surface area contributed by atoms with Gasteiger partial charge in [0.25, 0.3) is 0 Å². The van der Waals surface area contributed by atoms with Crippen molar-refractivity contribution in [3.8, 4) is 12.3 Å². The Balaban J connectivity index is 2.48. The Bertz CT molecular complexity index is 404. The molecule has 0 spiro atoms. The summed E-state index contributed by atoms with van der Waals surface area (Å²) in [5, 5.41) is 3.06. The van der Waals surface area contributed by atoms with Crippen molar-refractivity contribution in [1.82, 2.24) is 0 Å². The molecule has 0 aliphatic carbocycles. The molecular formula is C11H12BrFN2S. The third-order valence-corrected chi connectivity index (χ3v) is 3.31. The van der Waals surface area contributed by atoms with E-state index >= 15 is 0 Å². The minimum atomic E-state index is -0.326. The standard InChI is InChI=1S/C11H12BrFN2S/c1-2-4-16-5-3-15-11-7-9(13)8(12)6-10(11)14/h1,6-7,15H,3-5,14H2. The number of thioether (sulfide) groups is 1. The molecule has 2 nitrogen and oxygen atoms in total. The smallest absolute Gasteiger partial charge is 0.139 e. The molecule has 5 heteroatoms. The van der Waals surface area contributed by atoms with E-state index in [2.05, 4.69) is 27.2 Å². The first-order chi connectivity index (χ1) is 7.65. The van der Waals surface area contributed by atoms with Gasteiger partial charge < -0.3 is 11.1 Å². The van der Waals surface area contributed by atoms with Crippen LogP contribution >= 0.6 is 27.7 Å². The van der Waals surface area contributed by atoms with Gasteiger partial charge in [-0.15, -0.1) is 18.2 Å². The van der Waals surface area contributed by atoms with Gasteiger partial charge >= 0.3 is 0 Å². The Hall–Kier alpha value is -0.860. The maximum atomic E-state index is 13.2. The van der Waals surface area contributed by atoms with E-state index < -0.39 is 0 Å². The van der Waals surface area contributed by atoms with Gasteiger partial charge in [0.2, 0.25) is 0 Å². The zero-order valence-electron chi connectivity index (χ0n) is 8.59. The minimum absolute atomic E-state index is 0.326. The first-order valence-corrected chi connectivity index (χ1v) is 6.59. The number of halogens is 2. The van der Waals surface area contributed by atoms with Crippen LogP contribution in [0.15, 0.2) is 16.6 Å². The SMILES string of the molecule is C#CCSCCNc1cc(F)c(Br)cc1N. The number of benzene rings is 1. The van der Waals surface area contributed by atoms with Crippen molar-refractivity contribution in [2.24, 2.45) is 0 Å². The fourth-order valence-corrected chi connectivity index (χ4v) is 1.97. The Kier molecular flexibility index (Phi) is 5.50. The highest BCUT2D eigenvalue weighted by atomic mass is 79.9. The van der Waals surface area contributed by atoms with Crippen molar-refractivity contribution in [3.63, 3.8) is 0 Å². The first-order valence-electron chi connectivity index (χ1n) is 4.64. The van der Waals surface area contributed by atoms with Gasteiger partial charge in [0.05, 0.1) is 21.6 Å². The molecule has 1 aromatic rings. The van der Waals surface area contributed by atoms with E-state index in [0.717, 1.165) is 5.75 Å². The molecule has 0 radical (unpaired) electrons. The fraction of sp³-hybridized carbons (Fsp3) is 0.273. The number of nitrogens with two attached hydrogens (primary N) is 1. The van der Waals surface area contributed by atoms with Crippen molar-refractivity contribution < 1.29 is 4.39 Å². The predicted octanol–water partition coefficient (Wildman–Crippen LogP) is 2.95. The van der Waals surface area contributed by atoms with Crippen LogP contribution in [0, 0.1) is 18.2 Å². The Morgan fingerprint density at radius 3 is 3.00 bits per heavy atom. The van der Waals surface area contributed by atoms with Gasteiger partial charge in [0.15, 0.2) is 0 Å². The normalized spacial score (nSPS) is 9.81. The summed E-state index contributed by atoms with van der Waals surface area (Å²) in [4.78, 5) is 0. The Labute approximate surface area is 107 Å². The number of hydrogen-bond donors (Lipinski definition) is 2. The second kappa shape index (κ2) is 6.66. The summed E-state index contributed by atoms with van der Waals surface area (Å²) >= 11 is 4.72. The molecule has 16 heavy (non-hydrogen) atoms. The van der Waals surface area contributed by atoms with E-state index in [1.165, 1.54) is 6.07 Å². The number of rotatable bonds is 5. The van der Waals surface area contributed by atoms with Crippen LogP contribution in [0.5, 0.6) is 0 Å². The third-order valence-electron chi connectivity index (χ3n) is 1.84. The topological polar surface area (TPSA) is 38.0 Å². The van der Waals surface area contributed by atoms with E-state index in [9.17, 15) is 4.39 Å². The zero-order valence-corrected chi connectivity index (χ0v) is 11.0. The fourth-order valence-electron chi connectivity index (χ4n) is 1.10. The second-order valence-electron chi connectivity index (χ2n) is 3.04. The minimum Gasteiger partial charge on any atom is -0.397 e. The van der Waals surface area contributed by atoms with E-state index in [1.54, 1.807) is 17.8 Å². The number of hydrogen-bond acceptors (Lipinski definition) is 3. The van der Waals surface area contributed by atoms with Crippen LogP contribution in [0.1, 0.15) is 0 Å². The van der Waals surface area contributed by atoms with E-state index in [0.29, 0.717) is 28.1 Å². The largest absolute Gasteiger partial charge is 0.397 e. The van der Waals surface area contributed by atoms with Crippen LogP contribution in [0.25, 0.3) is 0 Å². The summed E-state index contributed by atoms with van der Waals surface area (Å²) in [5.41, 5.74) is 6.87. The number of anilines is 2. The van der Waals surface area contributed by atoms with Crippen molar-refractivity contribution in [2.45, 2.75) is 0 Å². The van der Waals surface area contributed by atoms with Gasteiger partial charge in [0, 0.05) is 18.4 Å². The Morgan fingerprint density at radius 2 is 2.31 bits per heavy atom.